The van der Waals surface area contributed by atoms with E-state index in [0.717, 1.165) is 5.02 Å². The fourth-order valence-corrected chi connectivity index (χ4v) is 1.20. The van der Waals surface area contributed by atoms with Crippen LogP contribution in [0.5, 0.6) is 0 Å². The van der Waals surface area contributed by atoms with Crippen molar-refractivity contribution < 1.29 is 0 Å². The Morgan fingerprint density at radius 2 is 1.62 bits per heavy atom. The van der Waals surface area contributed by atoms with Crippen molar-refractivity contribution in [3.05, 3.63) is 34.9 Å². The minimum atomic E-state index is 0. The number of hydrogen-bond acceptors (Lipinski definition) is 1. The molecule has 13 heavy (non-hydrogen) atoms. The number of halogens is 2. The zero-order valence-corrected chi connectivity index (χ0v) is 9.40. The first kappa shape index (κ1) is 12.8. The van der Waals surface area contributed by atoms with Crippen molar-refractivity contribution >= 4 is 24.0 Å². The van der Waals surface area contributed by atoms with E-state index in [4.69, 9.17) is 17.3 Å². The third kappa shape index (κ3) is 3.55. The summed E-state index contributed by atoms with van der Waals surface area (Å²) in [6.45, 7) is 4.13. The third-order valence-corrected chi connectivity index (χ3v) is 2.44. The summed E-state index contributed by atoms with van der Waals surface area (Å²) >= 11 is 5.76. The molecule has 1 rings (SSSR count). The van der Waals surface area contributed by atoms with Gasteiger partial charge in [-0.2, -0.15) is 0 Å². The van der Waals surface area contributed by atoms with Crippen LogP contribution in [-0.2, 0) is 0 Å². The first-order chi connectivity index (χ1) is 5.61. The van der Waals surface area contributed by atoms with Crippen LogP contribution in [0.3, 0.4) is 0 Å². The van der Waals surface area contributed by atoms with E-state index in [1.54, 1.807) is 0 Å². The number of nitrogens with two attached hydrogens (primary N) is 1. The lowest BCUT2D eigenvalue weighted by Crippen LogP contribution is -2.22. The Kier molecular flexibility index (Phi) is 5.38. The molecule has 0 heterocycles. The second kappa shape index (κ2) is 5.48. The van der Waals surface area contributed by atoms with Gasteiger partial charge in [0, 0.05) is 11.1 Å². The lowest BCUT2D eigenvalue weighted by molar-refractivity contribution is 0.613. The Morgan fingerprint density at radius 3 is 2.00 bits per heavy atom. The quantitative estimate of drug-likeness (QED) is 0.813. The van der Waals surface area contributed by atoms with Crippen molar-refractivity contribution in [2.24, 2.45) is 5.73 Å². The van der Waals surface area contributed by atoms with E-state index >= 15 is 0 Å². The molecule has 3 heteroatoms. The van der Waals surface area contributed by atoms with E-state index in [2.05, 4.69) is 6.92 Å². The normalized spacial score (nSPS) is 14.5. The van der Waals surface area contributed by atoms with E-state index in [-0.39, 0.29) is 18.4 Å². The van der Waals surface area contributed by atoms with Crippen molar-refractivity contribution in [3.8, 4) is 0 Å². The Hall–Kier alpha value is -0.240. The van der Waals surface area contributed by atoms with Crippen LogP contribution in [0, 0.1) is 0 Å². The topological polar surface area (TPSA) is 26.0 Å². The van der Waals surface area contributed by atoms with E-state index in [1.165, 1.54) is 5.56 Å². The molecule has 2 unspecified atom stereocenters. The fourth-order valence-electron chi connectivity index (χ4n) is 1.07. The third-order valence-electron chi connectivity index (χ3n) is 2.18. The van der Waals surface area contributed by atoms with Gasteiger partial charge in [0.2, 0.25) is 0 Å². The van der Waals surface area contributed by atoms with Crippen LogP contribution in [0.15, 0.2) is 24.3 Å². The first-order valence-corrected chi connectivity index (χ1v) is 4.50. The van der Waals surface area contributed by atoms with Crippen LogP contribution in [0.25, 0.3) is 0 Å². The van der Waals surface area contributed by atoms with Gasteiger partial charge in [0.15, 0.2) is 0 Å². The monoisotopic (exact) mass is 219 g/mol. The number of rotatable bonds is 2. The standard InChI is InChI=1S/C10H14ClN.ClH/c1-7(8(2)12)9-3-5-10(11)6-4-9;/h3-8H,12H2,1-2H3;1H. The minimum Gasteiger partial charge on any atom is -0.327 e. The largest absolute Gasteiger partial charge is 0.327 e. The number of benzene rings is 1. The molecule has 0 saturated heterocycles. The van der Waals surface area contributed by atoms with Gasteiger partial charge in [-0.3, -0.25) is 0 Å². The summed E-state index contributed by atoms with van der Waals surface area (Å²) in [5.41, 5.74) is 7.02. The molecule has 0 saturated carbocycles. The van der Waals surface area contributed by atoms with Crippen molar-refractivity contribution in [3.63, 3.8) is 0 Å². The Morgan fingerprint density at radius 1 is 1.15 bits per heavy atom. The predicted molar refractivity (Wildman–Crippen MR) is 60.8 cm³/mol. The molecule has 0 aliphatic carbocycles. The molecule has 0 radical (unpaired) electrons. The van der Waals surface area contributed by atoms with Gasteiger partial charge in [-0.15, -0.1) is 12.4 Å². The molecule has 1 nitrogen and oxygen atoms in total. The van der Waals surface area contributed by atoms with E-state index in [1.807, 2.05) is 31.2 Å². The Labute approximate surface area is 90.7 Å². The fraction of sp³-hybridized carbons (Fsp3) is 0.400. The lowest BCUT2D eigenvalue weighted by Gasteiger charge is -2.15. The molecule has 2 atom stereocenters. The predicted octanol–water partition coefficient (Wildman–Crippen LogP) is 3.21. The van der Waals surface area contributed by atoms with Gasteiger partial charge in [-0.05, 0) is 30.5 Å². The highest BCUT2D eigenvalue weighted by Crippen LogP contribution is 2.19. The summed E-state index contributed by atoms with van der Waals surface area (Å²) in [6, 6.07) is 8.03. The average Bonchev–Trinajstić information content (AvgIpc) is 2.04. The van der Waals surface area contributed by atoms with Crippen molar-refractivity contribution in [2.75, 3.05) is 0 Å². The lowest BCUT2D eigenvalue weighted by atomic mass is 9.95. The first-order valence-electron chi connectivity index (χ1n) is 4.12. The molecule has 74 valence electrons. The summed E-state index contributed by atoms with van der Waals surface area (Å²) < 4.78 is 0. The van der Waals surface area contributed by atoms with Crippen LogP contribution < -0.4 is 5.73 Å². The molecular weight excluding hydrogens is 205 g/mol. The number of hydrogen-bond donors (Lipinski definition) is 1. The summed E-state index contributed by atoms with van der Waals surface area (Å²) in [4.78, 5) is 0. The second-order valence-corrected chi connectivity index (χ2v) is 3.64. The summed E-state index contributed by atoms with van der Waals surface area (Å²) in [5, 5.41) is 0.774. The molecule has 0 bridgehead atoms. The van der Waals surface area contributed by atoms with Gasteiger partial charge in [-0.1, -0.05) is 30.7 Å². The molecule has 0 aliphatic rings. The minimum absolute atomic E-state index is 0. The molecule has 0 fully saturated rings. The van der Waals surface area contributed by atoms with Gasteiger partial charge in [0.1, 0.15) is 0 Å². The van der Waals surface area contributed by atoms with Crippen LogP contribution in [0.1, 0.15) is 25.3 Å². The Bertz CT molecular complexity index is 244. The van der Waals surface area contributed by atoms with E-state index in [0.29, 0.717) is 5.92 Å². The molecule has 0 amide bonds. The highest BCUT2D eigenvalue weighted by Gasteiger charge is 2.08. The Balaban J connectivity index is 0.00000144. The molecule has 0 spiro atoms. The zero-order valence-electron chi connectivity index (χ0n) is 7.83. The van der Waals surface area contributed by atoms with Gasteiger partial charge in [-0.25, -0.2) is 0 Å². The molecule has 2 N–H and O–H groups in total. The molecule has 0 aliphatic heterocycles. The highest BCUT2D eigenvalue weighted by molar-refractivity contribution is 6.30. The molecular formula is C10H15Cl2N. The average molecular weight is 220 g/mol. The summed E-state index contributed by atoms with van der Waals surface area (Å²) in [6.07, 6.45) is 0. The van der Waals surface area contributed by atoms with Gasteiger partial charge >= 0.3 is 0 Å². The van der Waals surface area contributed by atoms with Gasteiger partial charge in [0.25, 0.3) is 0 Å². The molecule has 1 aromatic carbocycles. The van der Waals surface area contributed by atoms with Crippen LogP contribution >= 0.6 is 24.0 Å². The molecule has 1 aromatic rings. The van der Waals surface area contributed by atoms with Crippen molar-refractivity contribution in [1.82, 2.24) is 0 Å². The van der Waals surface area contributed by atoms with Crippen molar-refractivity contribution in [1.29, 1.82) is 0 Å². The maximum Gasteiger partial charge on any atom is 0.0406 e. The maximum absolute atomic E-state index is 5.77. The highest BCUT2D eigenvalue weighted by atomic mass is 35.5. The van der Waals surface area contributed by atoms with Crippen LogP contribution in [-0.4, -0.2) is 6.04 Å². The van der Waals surface area contributed by atoms with Crippen LogP contribution in [0.2, 0.25) is 5.02 Å². The van der Waals surface area contributed by atoms with E-state index < -0.39 is 0 Å². The zero-order chi connectivity index (χ0) is 9.14. The maximum atomic E-state index is 5.77. The summed E-state index contributed by atoms with van der Waals surface area (Å²) in [5.74, 6) is 0.391. The SMILES string of the molecule is CC(N)C(C)c1ccc(Cl)cc1.Cl. The smallest absolute Gasteiger partial charge is 0.0406 e. The van der Waals surface area contributed by atoms with Crippen molar-refractivity contribution in [2.45, 2.75) is 25.8 Å². The second-order valence-electron chi connectivity index (χ2n) is 3.20. The summed E-state index contributed by atoms with van der Waals surface area (Å²) in [7, 11) is 0. The van der Waals surface area contributed by atoms with Gasteiger partial charge in [0.05, 0.1) is 0 Å². The van der Waals surface area contributed by atoms with E-state index in [9.17, 15) is 0 Å². The molecule has 0 aromatic heterocycles. The van der Waals surface area contributed by atoms with Gasteiger partial charge < -0.3 is 5.73 Å². The van der Waals surface area contributed by atoms with Crippen LogP contribution in [0.4, 0.5) is 0 Å².